The molecule has 0 saturated carbocycles. The van der Waals surface area contributed by atoms with Crippen LogP contribution in [0, 0.1) is 10.1 Å². The monoisotopic (exact) mass is 334 g/mol. The molecule has 20 heavy (non-hydrogen) atoms. The quantitative estimate of drug-likeness (QED) is 0.623. The van der Waals surface area contributed by atoms with E-state index in [-0.39, 0.29) is 11.7 Å². The molecule has 5 heteroatoms. The van der Waals surface area contributed by atoms with Gasteiger partial charge in [0.15, 0.2) is 0 Å². The summed E-state index contributed by atoms with van der Waals surface area (Å²) in [4.78, 5) is 10.2. The summed E-state index contributed by atoms with van der Waals surface area (Å²) in [5, 5.41) is 14.0. The highest BCUT2D eigenvalue weighted by Crippen LogP contribution is 2.25. The molecule has 1 atom stereocenters. The number of nitro groups is 1. The molecule has 0 aliphatic carbocycles. The van der Waals surface area contributed by atoms with Gasteiger partial charge in [0.1, 0.15) is 0 Å². The van der Waals surface area contributed by atoms with Crippen molar-refractivity contribution < 1.29 is 4.92 Å². The number of halogens is 1. The van der Waals surface area contributed by atoms with Crippen LogP contribution in [0.1, 0.15) is 24.9 Å². The molecule has 0 fully saturated rings. The van der Waals surface area contributed by atoms with Crippen LogP contribution in [0.15, 0.2) is 53.0 Å². The summed E-state index contributed by atoms with van der Waals surface area (Å²) < 4.78 is 1.04. The van der Waals surface area contributed by atoms with E-state index in [0.717, 1.165) is 16.6 Å². The Morgan fingerprint density at radius 1 is 1.25 bits per heavy atom. The Morgan fingerprint density at radius 3 is 2.50 bits per heavy atom. The molecule has 0 aromatic heterocycles. The third-order valence-electron chi connectivity index (χ3n) is 3.08. The third kappa shape index (κ3) is 3.57. The molecule has 1 unspecified atom stereocenters. The van der Waals surface area contributed by atoms with Crippen molar-refractivity contribution >= 4 is 27.3 Å². The van der Waals surface area contributed by atoms with Gasteiger partial charge in [-0.15, -0.1) is 0 Å². The number of rotatable bonds is 5. The standard InChI is InChI=1S/C15H15BrN2O2/c1-2-15(11-4-3-5-12(16)10-11)17-13-6-8-14(9-7-13)18(19)20/h3-10,15,17H,2H2,1H3. The number of non-ortho nitro benzene ring substituents is 1. The molecule has 0 amide bonds. The molecule has 104 valence electrons. The summed E-state index contributed by atoms with van der Waals surface area (Å²) in [6.07, 6.45) is 0.924. The first-order valence-corrected chi connectivity index (χ1v) is 7.16. The van der Waals surface area contributed by atoms with Crippen molar-refractivity contribution in [2.75, 3.05) is 5.32 Å². The zero-order valence-corrected chi connectivity index (χ0v) is 12.6. The fourth-order valence-electron chi connectivity index (χ4n) is 2.02. The second kappa shape index (κ2) is 6.52. The highest BCUT2D eigenvalue weighted by molar-refractivity contribution is 9.10. The van der Waals surface area contributed by atoms with Crippen LogP contribution >= 0.6 is 15.9 Å². The van der Waals surface area contributed by atoms with Gasteiger partial charge in [-0.3, -0.25) is 10.1 Å². The van der Waals surface area contributed by atoms with Gasteiger partial charge in [0.2, 0.25) is 0 Å². The third-order valence-corrected chi connectivity index (χ3v) is 3.57. The molecule has 2 rings (SSSR count). The molecular formula is C15H15BrN2O2. The van der Waals surface area contributed by atoms with Crippen molar-refractivity contribution in [2.45, 2.75) is 19.4 Å². The molecule has 0 aliphatic heterocycles. The zero-order chi connectivity index (χ0) is 14.5. The molecule has 4 nitrogen and oxygen atoms in total. The van der Waals surface area contributed by atoms with Crippen molar-refractivity contribution in [1.29, 1.82) is 0 Å². The first kappa shape index (κ1) is 14.5. The highest BCUT2D eigenvalue weighted by atomic mass is 79.9. The summed E-state index contributed by atoms with van der Waals surface area (Å²) in [6.45, 7) is 2.10. The van der Waals surface area contributed by atoms with E-state index in [1.54, 1.807) is 12.1 Å². The molecule has 0 saturated heterocycles. The lowest BCUT2D eigenvalue weighted by Gasteiger charge is -2.19. The maximum atomic E-state index is 10.6. The van der Waals surface area contributed by atoms with E-state index in [1.807, 2.05) is 12.1 Å². The van der Waals surface area contributed by atoms with Gasteiger partial charge in [-0.2, -0.15) is 0 Å². The van der Waals surface area contributed by atoms with Crippen LogP contribution in [0.4, 0.5) is 11.4 Å². The highest BCUT2D eigenvalue weighted by Gasteiger charge is 2.10. The van der Waals surface area contributed by atoms with Gasteiger partial charge in [-0.1, -0.05) is 35.0 Å². The van der Waals surface area contributed by atoms with Gasteiger partial charge in [-0.25, -0.2) is 0 Å². The van der Waals surface area contributed by atoms with Crippen LogP contribution in [0.3, 0.4) is 0 Å². The Balaban J connectivity index is 2.16. The average molecular weight is 335 g/mol. The first-order valence-electron chi connectivity index (χ1n) is 6.36. The Bertz CT molecular complexity index is 599. The summed E-state index contributed by atoms with van der Waals surface area (Å²) in [6, 6.07) is 14.8. The molecule has 2 aromatic carbocycles. The lowest BCUT2D eigenvalue weighted by molar-refractivity contribution is -0.384. The van der Waals surface area contributed by atoms with Gasteiger partial charge in [0, 0.05) is 22.3 Å². The summed E-state index contributed by atoms with van der Waals surface area (Å²) in [7, 11) is 0. The largest absolute Gasteiger partial charge is 0.378 e. The predicted molar refractivity (Wildman–Crippen MR) is 83.9 cm³/mol. The van der Waals surface area contributed by atoms with Crippen LogP contribution < -0.4 is 5.32 Å². The Hall–Kier alpha value is -1.88. The van der Waals surface area contributed by atoms with Crippen molar-refractivity contribution in [3.63, 3.8) is 0 Å². The number of hydrogen-bond donors (Lipinski definition) is 1. The van der Waals surface area contributed by atoms with Crippen LogP contribution in [0.5, 0.6) is 0 Å². The molecular weight excluding hydrogens is 320 g/mol. The van der Waals surface area contributed by atoms with E-state index in [0.29, 0.717) is 0 Å². The van der Waals surface area contributed by atoms with Gasteiger partial charge < -0.3 is 5.32 Å². The SMILES string of the molecule is CCC(Nc1ccc([N+](=O)[O-])cc1)c1cccc(Br)c1. The van der Waals surface area contributed by atoms with Crippen molar-refractivity contribution in [1.82, 2.24) is 0 Å². The number of anilines is 1. The Morgan fingerprint density at radius 2 is 1.95 bits per heavy atom. The average Bonchev–Trinajstić information content (AvgIpc) is 2.45. The maximum absolute atomic E-state index is 10.6. The van der Waals surface area contributed by atoms with E-state index in [2.05, 4.69) is 40.3 Å². The normalized spacial score (nSPS) is 11.9. The van der Waals surface area contributed by atoms with E-state index >= 15 is 0 Å². The van der Waals surface area contributed by atoms with E-state index in [1.165, 1.54) is 17.7 Å². The summed E-state index contributed by atoms with van der Waals surface area (Å²) in [5.74, 6) is 0. The van der Waals surface area contributed by atoms with E-state index in [9.17, 15) is 10.1 Å². The maximum Gasteiger partial charge on any atom is 0.269 e. The second-order valence-electron chi connectivity index (χ2n) is 4.46. The smallest absolute Gasteiger partial charge is 0.269 e. The van der Waals surface area contributed by atoms with Crippen molar-refractivity contribution in [2.24, 2.45) is 0 Å². The number of nitro benzene ring substituents is 1. The fourth-order valence-corrected chi connectivity index (χ4v) is 2.44. The van der Waals surface area contributed by atoms with Gasteiger partial charge in [0.25, 0.3) is 5.69 Å². The number of nitrogens with one attached hydrogen (secondary N) is 1. The zero-order valence-electron chi connectivity index (χ0n) is 11.0. The minimum atomic E-state index is -0.393. The van der Waals surface area contributed by atoms with Crippen LogP contribution in [0.25, 0.3) is 0 Å². The molecule has 2 aromatic rings. The predicted octanol–water partition coefficient (Wildman–Crippen LogP) is 4.92. The fraction of sp³-hybridized carbons (Fsp3) is 0.200. The topological polar surface area (TPSA) is 55.2 Å². The number of nitrogens with zero attached hydrogens (tertiary/aromatic N) is 1. The van der Waals surface area contributed by atoms with Crippen molar-refractivity contribution in [3.05, 3.63) is 68.7 Å². The summed E-state index contributed by atoms with van der Waals surface area (Å²) >= 11 is 3.47. The molecule has 0 spiro atoms. The molecule has 0 aliphatic rings. The summed E-state index contributed by atoms with van der Waals surface area (Å²) in [5.41, 5.74) is 2.16. The van der Waals surface area contributed by atoms with E-state index < -0.39 is 4.92 Å². The first-order chi connectivity index (χ1) is 9.60. The van der Waals surface area contributed by atoms with Crippen LogP contribution in [-0.2, 0) is 0 Å². The Labute approximate surface area is 126 Å². The lowest BCUT2D eigenvalue weighted by atomic mass is 10.0. The van der Waals surface area contributed by atoms with Gasteiger partial charge >= 0.3 is 0 Å². The second-order valence-corrected chi connectivity index (χ2v) is 5.38. The van der Waals surface area contributed by atoms with Crippen LogP contribution in [0.2, 0.25) is 0 Å². The van der Waals surface area contributed by atoms with E-state index in [4.69, 9.17) is 0 Å². The Kier molecular flexibility index (Phi) is 4.74. The minimum absolute atomic E-state index is 0.103. The molecule has 0 bridgehead atoms. The molecule has 0 heterocycles. The number of benzene rings is 2. The number of hydrogen-bond acceptors (Lipinski definition) is 3. The van der Waals surface area contributed by atoms with Gasteiger partial charge in [-0.05, 0) is 36.2 Å². The van der Waals surface area contributed by atoms with Crippen LogP contribution in [-0.4, -0.2) is 4.92 Å². The molecule has 1 N–H and O–H groups in total. The molecule has 0 radical (unpaired) electrons. The van der Waals surface area contributed by atoms with Gasteiger partial charge in [0.05, 0.1) is 11.0 Å². The minimum Gasteiger partial charge on any atom is -0.378 e. The van der Waals surface area contributed by atoms with Crippen molar-refractivity contribution in [3.8, 4) is 0 Å². The lowest BCUT2D eigenvalue weighted by Crippen LogP contribution is -2.09.